The quantitative estimate of drug-likeness (QED) is 0.444. The van der Waals surface area contributed by atoms with Crippen molar-refractivity contribution >= 4 is 17.6 Å². The van der Waals surface area contributed by atoms with Crippen LogP contribution < -0.4 is 5.32 Å². The van der Waals surface area contributed by atoms with Gasteiger partial charge >= 0.3 is 5.97 Å². The van der Waals surface area contributed by atoms with Gasteiger partial charge in [-0.05, 0) is 0 Å². The third kappa shape index (κ3) is 4.84. The largest absolute Gasteiger partial charge is 0.467 e. The van der Waals surface area contributed by atoms with Crippen LogP contribution in [0.15, 0.2) is 24.3 Å². The molecule has 1 rings (SSSR count). The number of carbonyl (C=O) groups excluding carboxylic acids is 2. The SMILES string of the molecule is COCC(=O)N[C@@H](Cc1ccccc1[N+](=O)[O-])C(=O)OC. The second-order valence-electron chi connectivity index (χ2n) is 4.17. The van der Waals surface area contributed by atoms with Crippen LogP contribution in [0.3, 0.4) is 0 Å². The Balaban J connectivity index is 2.94. The Morgan fingerprint density at radius 3 is 2.57 bits per heavy atom. The minimum Gasteiger partial charge on any atom is -0.467 e. The van der Waals surface area contributed by atoms with Crippen LogP contribution in [-0.2, 0) is 25.5 Å². The number of methoxy groups -OCH3 is 2. The molecule has 0 saturated heterocycles. The fourth-order valence-corrected chi connectivity index (χ4v) is 1.78. The molecule has 0 unspecified atom stereocenters. The molecule has 0 spiro atoms. The summed E-state index contributed by atoms with van der Waals surface area (Å²) in [5.74, 6) is -1.19. The predicted octanol–water partition coefficient (Wildman–Crippen LogP) is 0.441. The number of hydrogen-bond donors (Lipinski definition) is 1. The number of para-hydroxylation sites is 1. The summed E-state index contributed by atoms with van der Waals surface area (Å²) in [5.41, 5.74) is 0.211. The van der Waals surface area contributed by atoms with Gasteiger partial charge in [0.25, 0.3) is 5.69 Å². The average molecular weight is 296 g/mol. The van der Waals surface area contributed by atoms with Crippen LogP contribution >= 0.6 is 0 Å². The lowest BCUT2D eigenvalue weighted by atomic mass is 10.0. The summed E-state index contributed by atoms with van der Waals surface area (Å²) in [6, 6.07) is 4.99. The third-order valence-electron chi connectivity index (χ3n) is 2.71. The number of nitro groups is 1. The monoisotopic (exact) mass is 296 g/mol. The second kappa shape index (κ2) is 7.95. The smallest absolute Gasteiger partial charge is 0.328 e. The van der Waals surface area contributed by atoms with Crippen LogP contribution in [0.2, 0.25) is 0 Å². The Morgan fingerprint density at radius 1 is 1.33 bits per heavy atom. The van der Waals surface area contributed by atoms with Crippen molar-refractivity contribution in [2.24, 2.45) is 0 Å². The number of esters is 1. The zero-order valence-electron chi connectivity index (χ0n) is 11.7. The molecule has 0 aliphatic rings. The van der Waals surface area contributed by atoms with E-state index in [1.165, 1.54) is 32.4 Å². The van der Waals surface area contributed by atoms with Crippen molar-refractivity contribution in [1.29, 1.82) is 0 Å². The highest BCUT2D eigenvalue weighted by atomic mass is 16.6. The average Bonchev–Trinajstić information content (AvgIpc) is 2.46. The predicted molar refractivity (Wildman–Crippen MR) is 72.6 cm³/mol. The molecule has 0 aromatic heterocycles. The number of ether oxygens (including phenoxy) is 2. The van der Waals surface area contributed by atoms with Crippen molar-refractivity contribution in [3.05, 3.63) is 39.9 Å². The molecule has 0 radical (unpaired) electrons. The summed E-state index contributed by atoms with van der Waals surface area (Å²) in [5, 5.41) is 13.4. The molecule has 1 N–H and O–H groups in total. The van der Waals surface area contributed by atoms with Crippen molar-refractivity contribution < 1.29 is 24.0 Å². The Morgan fingerprint density at radius 2 is 2.00 bits per heavy atom. The van der Waals surface area contributed by atoms with Gasteiger partial charge in [-0.3, -0.25) is 14.9 Å². The fourth-order valence-electron chi connectivity index (χ4n) is 1.78. The molecule has 1 atom stereocenters. The molecular formula is C13H16N2O6. The highest BCUT2D eigenvalue weighted by Crippen LogP contribution is 2.19. The van der Waals surface area contributed by atoms with Gasteiger partial charge in [-0.15, -0.1) is 0 Å². The molecule has 1 aromatic carbocycles. The first kappa shape index (κ1) is 16.6. The molecule has 0 saturated carbocycles. The maximum Gasteiger partial charge on any atom is 0.328 e. The molecule has 0 bridgehead atoms. The van der Waals surface area contributed by atoms with Crippen molar-refractivity contribution in [2.75, 3.05) is 20.8 Å². The first-order chi connectivity index (χ1) is 9.99. The number of amides is 1. The van der Waals surface area contributed by atoms with Crippen LogP contribution in [-0.4, -0.2) is 43.7 Å². The summed E-state index contributed by atoms with van der Waals surface area (Å²) in [6.45, 7) is -0.218. The minimum atomic E-state index is -1.02. The number of nitro benzene ring substituents is 1. The van der Waals surface area contributed by atoms with Gasteiger partial charge in [0.15, 0.2) is 0 Å². The van der Waals surface area contributed by atoms with Gasteiger partial charge in [0.2, 0.25) is 5.91 Å². The fraction of sp³-hybridized carbons (Fsp3) is 0.385. The number of benzene rings is 1. The maximum atomic E-state index is 11.7. The Kier molecular flexibility index (Phi) is 6.28. The molecule has 0 aliphatic heterocycles. The van der Waals surface area contributed by atoms with E-state index in [0.29, 0.717) is 5.56 Å². The van der Waals surface area contributed by atoms with Crippen molar-refractivity contribution in [3.8, 4) is 0 Å². The first-order valence-electron chi connectivity index (χ1n) is 6.08. The summed E-state index contributed by atoms with van der Waals surface area (Å²) < 4.78 is 9.26. The van der Waals surface area contributed by atoms with E-state index in [0.717, 1.165) is 0 Å². The third-order valence-corrected chi connectivity index (χ3v) is 2.71. The molecular weight excluding hydrogens is 280 g/mol. The molecule has 1 aromatic rings. The highest BCUT2D eigenvalue weighted by molar-refractivity contribution is 5.85. The number of hydrogen-bond acceptors (Lipinski definition) is 6. The molecule has 8 heteroatoms. The van der Waals surface area contributed by atoms with E-state index in [-0.39, 0.29) is 18.7 Å². The molecule has 1 amide bonds. The van der Waals surface area contributed by atoms with Gasteiger partial charge in [0, 0.05) is 25.2 Å². The lowest BCUT2D eigenvalue weighted by Crippen LogP contribution is -2.44. The standard InChI is InChI=1S/C13H16N2O6/c1-20-8-12(16)14-10(13(17)21-2)7-9-5-3-4-6-11(9)15(18)19/h3-6,10H,7-8H2,1-2H3,(H,14,16)/t10-/m0/s1. The van der Waals surface area contributed by atoms with Crippen LogP contribution in [0.25, 0.3) is 0 Å². The Hall–Kier alpha value is -2.48. The zero-order chi connectivity index (χ0) is 15.8. The van der Waals surface area contributed by atoms with Crippen LogP contribution in [0.4, 0.5) is 5.69 Å². The van der Waals surface area contributed by atoms with Gasteiger partial charge in [-0.2, -0.15) is 0 Å². The van der Waals surface area contributed by atoms with E-state index >= 15 is 0 Å². The van der Waals surface area contributed by atoms with E-state index in [1.807, 2.05) is 0 Å². The first-order valence-corrected chi connectivity index (χ1v) is 6.08. The maximum absolute atomic E-state index is 11.7. The molecule has 0 aliphatic carbocycles. The minimum absolute atomic E-state index is 0.0424. The highest BCUT2D eigenvalue weighted by Gasteiger charge is 2.25. The molecule has 8 nitrogen and oxygen atoms in total. The van der Waals surface area contributed by atoms with E-state index in [4.69, 9.17) is 0 Å². The van der Waals surface area contributed by atoms with Crippen molar-refractivity contribution in [2.45, 2.75) is 12.5 Å². The Labute approximate surface area is 121 Å². The normalized spacial score (nSPS) is 11.5. The van der Waals surface area contributed by atoms with E-state index < -0.39 is 22.8 Å². The molecule has 114 valence electrons. The topological polar surface area (TPSA) is 108 Å². The summed E-state index contributed by atoms with van der Waals surface area (Å²) in [4.78, 5) is 33.6. The van der Waals surface area contributed by atoms with Crippen molar-refractivity contribution in [3.63, 3.8) is 0 Å². The Bertz CT molecular complexity index is 531. The summed E-state index contributed by atoms with van der Waals surface area (Å²) in [6.07, 6.45) is -0.0424. The van der Waals surface area contributed by atoms with Gasteiger partial charge < -0.3 is 14.8 Å². The van der Waals surface area contributed by atoms with Gasteiger partial charge in [-0.25, -0.2) is 4.79 Å². The number of rotatable bonds is 7. The van der Waals surface area contributed by atoms with Gasteiger partial charge in [-0.1, -0.05) is 18.2 Å². The lowest BCUT2D eigenvalue weighted by molar-refractivity contribution is -0.385. The van der Waals surface area contributed by atoms with Crippen LogP contribution in [0.5, 0.6) is 0 Å². The number of nitrogens with zero attached hydrogens (tertiary/aromatic N) is 1. The van der Waals surface area contributed by atoms with Crippen LogP contribution in [0.1, 0.15) is 5.56 Å². The van der Waals surface area contributed by atoms with Gasteiger partial charge in [0.1, 0.15) is 12.6 Å². The van der Waals surface area contributed by atoms with E-state index in [2.05, 4.69) is 14.8 Å². The zero-order valence-corrected chi connectivity index (χ0v) is 11.7. The summed E-state index contributed by atoms with van der Waals surface area (Å²) in [7, 11) is 2.52. The molecule has 0 heterocycles. The lowest BCUT2D eigenvalue weighted by Gasteiger charge is -2.16. The molecule has 21 heavy (non-hydrogen) atoms. The van der Waals surface area contributed by atoms with Crippen LogP contribution in [0, 0.1) is 10.1 Å². The molecule has 0 fully saturated rings. The summed E-state index contributed by atoms with van der Waals surface area (Å²) >= 11 is 0. The van der Waals surface area contributed by atoms with Gasteiger partial charge in [0.05, 0.1) is 12.0 Å². The number of nitrogens with one attached hydrogen (secondary N) is 1. The van der Waals surface area contributed by atoms with E-state index in [9.17, 15) is 19.7 Å². The second-order valence-corrected chi connectivity index (χ2v) is 4.17. The van der Waals surface area contributed by atoms with E-state index in [1.54, 1.807) is 6.07 Å². The van der Waals surface area contributed by atoms with Crippen molar-refractivity contribution in [1.82, 2.24) is 5.32 Å². The number of carbonyl (C=O) groups is 2.